The molecule has 0 amide bonds. The van der Waals surface area contributed by atoms with E-state index in [0.717, 1.165) is 6.26 Å². The molecule has 6 heteroatoms. The van der Waals surface area contributed by atoms with E-state index < -0.39 is 15.7 Å². The molecule has 0 saturated carbocycles. The van der Waals surface area contributed by atoms with Crippen LogP contribution in [0.5, 0.6) is 11.5 Å². The Hall–Kier alpha value is -1.92. The maximum Gasteiger partial charge on any atom is 0.175 e. The Morgan fingerprint density at radius 1 is 1.19 bits per heavy atom. The molecule has 0 fully saturated rings. The molecule has 0 aliphatic rings. The molecule has 0 bridgehead atoms. The van der Waals surface area contributed by atoms with Crippen molar-refractivity contribution in [3.05, 3.63) is 53.8 Å². The summed E-state index contributed by atoms with van der Waals surface area (Å²) in [5.41, 5.74) is 0.655. The number of benzene rings is 2. The third-order valence-corrected chi connectivity index (χ3v) is 3.98. The highest BCUT2D eigenvalue weighted by Gasteiger charge is 2.13. The Balaban J connectivity index is 2.39. The molecule has 0 atom stereocenters. The van der Waals surface area contributed by atoms with Crippen LogP contribution in [0.4, 0.5) is 4.39 Å². The van der Waals surface area contributed by atoms with Crippen molar-refractivity contribution in [2.75, 3.05) is 13.3 Å². The zero-order chi connectivity index (χ0) is 15.5. The lowest BCUT2D eigenvalue weighted by Crippen LogP contribution is -2.07. The van der Waals surface area contributed by atoms with Crippen molar-refractivity contribution in [1.29, 1.82) is 0 Å². The van der Waals surface area contributed by atoms with Crippen LogP contribution in [0, 0.1) is 5.82 Å². The predicted octanol–water partition coefficient (Wildman–Crippen LogP) is 2.74. The summed E-state index contributed by atoms with van der Waals surface area (Å²) in [4.78, 5) is 0.131. The van der Waals surface area contributed by atoms with Crippen molar-refractivity contribution >= 4 is 9.84 Å². The summed E-state index contributed by atoms with van der Waals surface area (Å²) < 4.78 is 42.5. The number of ether oxygens (including phenoxy) is 1. The summed E-state index contributed by atoms with van der Waals surface area (Å²) in [6.45, 7) is 0.443. The summed E-state index contributed by atoms with van der Waals surface area (Å²) in [6.07, 6.45) is 1.11. The standard InChI is InChI=1S/C15H16FNO3S/c1-17-10-11-5-3-8-14(16)15(11)20-12-6-4-7-13(9-12)21(2,18)19/h3-9,17H,10H2,1-2H3. The van der Waals surface area contributed by atoms with Crippen LogP contribution >= 0.6 is 0 Å². The SMILES string of the molecule is CNCc1cccc(F)c1Oc1cccc(S(C)(=O)=O)c1. The molecule has 2 rings (SSSR count). The van der Waals surface area contributed by atoms with Crippen LogP contribution in [0.25, 0.3) is 0 Å². The first-order valence-corrected chi connectivity index (χ1v) is 8.21. The van der Waals surface area contributed by atoms with Gasteiger partial charge in [0.1, 0.15) is 5.75 Å². The number of hydrogen-bond acceptors (Lipinski definition) is 4. The van der Waals surface area contributed by atoms with Crippen molar-refractivity contribution in [2.24, 2.45) is 0 Å². The molecule has 4 nitrogen and oxygen atoms in total. The molecule has 0 aromatic heterocycles. The first-order valence-electron chi connectivity index (χ1n) is 6.32. The molecule has 0 aliphatic heterocycles. The number of para-hydroxylation sites is 1. The first-order chi connectivity index (χ1) is 9.91. The van der Waals surface area contributed by atoms with E-state index >= 15 is 0 Å². The fraction of sp³-hybridized carbons (Fsp3) is 0.200. The molecule has 112 valence electrons. The monoisotopic (exact) mass is 309 g/mol. The Labute approximate surface area is 123 Å². The zero-order valence-electron chi connectivity index (χ0n) is 11.8. The largest absolute Gasteiger partial charge is 0.454 e. The Morgan fingerprint density at radius 3 is 2.57 bits per heavy atom. The van der Waals surface area contributed by atoms with E-state index in [0.29, 0.717) is 12.1 Å². The van der Waals surface area contributed by atoms with Crippen LogP contribution in [-0.4, -0.2) is 21.7 Å². The van der Waals surface area contributed by atoms with Gasteiger partial charge in [0.15, 0.2) is 21.4 Å². The molecule has 0 radical (unpaired) electrons. The highest BCUT2D eigenvalue weighted by Crippen LogP contribution is 2.29. The maximum atomic E-state index is 13.9. The highest BCUT2D eigenvalue weighted by molar-refractivity contribution is 7.90. The number of halogens is 1. The van der Waals surface area contributed by atoms with Gasteiger partial charge in [-0.3, -0.25) is 0 Å². The lowest BCUT2D eigenvalue weighted by molar-refractivity contribution is 0.433. The van der Waals surface area contributed by atoms with Crippen molar-refractivity contribution < 1.29 is 17.5 Å². The van der Waals surface area contributed by atoms with Crippen LogP contribution < -0.4 is 10.1 Å². The van der Waals surface area contributed by atoms with Gasteiger partial charge < -0.3 is 10.1 Å². The minimum absolute atomic E-state index is 0.0949. The topological polar surface area (TPSA) is 55.4 Å². The van der Waals surface area contributed by atoms with Crippen LogP contribution in [0.3, 0.4) is 0 Å². The quantitative estimate of drug-likeness (QED) is 0.922. The van der Waals surface area contributed by atoms with Gasteiger partial charge in [-0.2, -0.15) is 0 Å². The minimum atomic E-state index is -3.33. The van der Waals surface area contributed by atoms with Crippen molar-refractivity contribution in [2.45, 2.75) is 11.4 Å². The minimum Gasteiger partial charge on any atom is -0.454 e. The van der Waals surface area contributed by atoms with Crippen LogP contribution in [0.2, 0.25) is 0 Å². The Morgan fingerprint density at radius 2 is 1.90 bits per heavy atom. The molecule has 2 aromatic carbocycles. The van der Waals surface area contributed by atoms with E-state index in [9.17, 15) is 12.8 Å². The lowest BCUT2D eigenvalue weighted by Gasteiger charge is -2.12. The second-order valence-corrected chi connectivity index (χ2v) is 6.62. The molecule has 0 saturated heterocycles. The summed E-state index contributed by atoms with van der Waals surface area (Å²) in [5.74, 6) is -0.120. The number of nitrogens with one attached hydrogen (secondary N) is 1. The summed E-state index contributed by atoms with van der Waals surface area (Å²) in [5, 5.41) is 2.93. The normalized spacial score (nSPS) is 11.4. The molecular weight excluding hydrogens is 293 g/mol. The van der Waals surface area contributed by atoms with Crippen molar-refractivity contribution in [3.8, 4) is 11.5 Å². The van der Waals surface area contributed by atoms with Gasteiger partial charge >= 0.3 is 0 Å². The van der Waals surface area contributed by atoms with E-state index in [2.05, 4.69) is 5.32 Å². The molecule has 0 aliphatic carbocycles. The highest BCUT2D eigenvalue weighted by atomic mass is 32.2. The lowest BCUT2D eigenvalue weighted by atomic mass is 10.2. The molecule has 0 spiro atoms. The van der Waals surface area contributed by atoms with Crippen molar-refractivity contribution in [1.82, 2.24) is 5.32 Å². The molecule has 21 heavy (non-hydrogen) atoms. The third-order valence-electron chi connectivity index (χ3n) is 2.87. The zero-order valence-corrected chi connectivity index (χ0v) is 12.6. The van der Waals surface area contributed by atoms with Gasteiger partial charge in [0.2, 0.25) is 0 Å². The van der Waals surface area contributed by atoms with E-state index in [1.165, 1.54) is 18.2 Å². The molecule has 2 aromatic rings. The van der Waals surface area contributed by atoms with Gasteiger partial charge in [0.05, 0.1) is 4.90 Å². The number of hydrogen-bond donors (Lipinski definition) is 1. The Kier molecular flexibility index (Phi) is 4.59. The van der Waals surface area contributed by atoms with Crippen molar-refractivity contribution in [3.63, 3.8) is 0 Å². The molecule has 0 unspecified atom stereocenters. The van der Waals surface area contributed by atoms with E-state index in [4.69, 9.17) is 4.74 Å². The third kappa shape index (κ3) is 3.80. The Bertz CT molecular complexity index is 744. The average molecular weight is 309 g/mol. The number of rotatable bonds is 5. The predicted molar refractivity (Wildman–Crippen MR) is 78.8 cm³/mol. The van der Waals surface area contributed by atoms with Gasteiger partial charge in [-0.05, 0) is 31.3 Å². The fourth-order valence-electron chi connectivity index (χ4n) is 1.88. The van der Waals surface area contributed by atoms with E-state index in [1.54, 1.807) is 31.3 Å². The van der Waals surface area contributed by atoms with Gasteiger partial charge in [0.25, 0.3) is 0 Å². The van der Waals surface area contributed by atoms with Gasteiger partial charge in [-0.1, -0.05) is 18.2 Å². The van der Waals surface area contributed by atoms with Crippen LogP contribution in [-0.2, 0) is 16.4 Å². The van der Waals surface area contributed by atoms with Gasteiger partial charge in [-0.15, -0.1) is 0 Å². The van der Waals surface area contributed by atoms with Crippen LogP contribution in [0.1, 0.15) is 5.56 Å². The summed E-state index contributed by atoms with van der Waals surface area (Å²) in [7, 11) is -1.59. The summed E-state index contributed by atoms with van der Waals surface area (Å²) >= 11 is 0. The van der Waals surface area contributed by atoms with E-state index in [-0.39, 0.29) is 16.4 Å². The second-order valence-electron chi connectivity index (χ2n) is 4.61. The summed E-state index contributed by atoms with van der Waals surface area (Å²) in [6, 6.07) is 10.6. The maximum absolute atomic E-state index is 13.9. The van der Waals surface area contributed by atoms with Crippen LogP contribution in [0.15, 0.2) is 47.4 Å². The van der Waals surface area contributed by atoms with Gasteiger partial charge in [0, 0.05) is 18.4 Å². The smallest absolute Gasteiger partial charge is 0.175 e. The average Bonchev–Trinajstić information content (AvgIpc) is 2.42. The van der Waals surface area contributed by atoms with E-state index in [1.807, 2.05) is 0 Å². The first kappa shape index (κ1) is 15.5. The molecular formula is C15H16FNO3S. The molecule has 0 heterocycles. The second kappa shape index (κ2) is 6.24. The van der Waals surface area contributed by atoms with Gasteiger partial charge in [-0.25, -0.2) is 12.8 Å². The fourth-order valence-corrected chi connectivity index (χ4v) is 2.54. The number of sulfone groups is 1. The molecule has 1 N–H and O–H groups in total.